The summed E-state index contributed by atoms with van der Waals surface area (Å²) in [6.07, 6.45) is 2.79. The molecule has 0 radical (unpaired) electrons. The molecule has 202 valence electrons. The third-order valence-corrected chi connectivity index (χ3v) is 9.54. The van der Waals surface area contributed by atoms with Crippen molar-refractivity contribution in [2.45, 2.75) is 55.5 Å². The number of aryl methyl sites for hydroxylation is 1. The molecular formula is C27H37N3O5S2. The number of imidazole rings is 1. The van der Waals surface area contributed by atoms with E-state index in [4.69, 9.17) is 19.2 Å². The van der Waals surface area contributed by atoms with Gasteiger partial charge in [-0.2, -0.15) is 4.31 Å². The highest BCUT2D eigenvalue weighted by atomic mass is 32.2. The van der Waals surface area contributed by atoms with Crippen molar-refractivity contribution < 1.29 is 22.6 Å². The molecule has 2 aromatic carbocycles. The van der Waals surface area contributed by atoms with E-state index in [1.54, 1.807) is 42.4 Å². The van der Waals surface area contributed by atoms with Gasteiger partial charge in [-0.1, -0.05) is 30.8 Å². The van der Waals surface area contributed by atoms with E-state index in [2.05, 4.69) is 11.5 Å². The van der Waals surface area contributed by atoms with Crippen molar-refractivity contribution in [1.29, 1.82) is 0 Å². The molecule has 10 heteroatoms. The zero-order valence-corrected chi connectivity index (χ0v) is 23.7. The van der Waals surface area contributed by atoms with E-state index in [9.17, 15) is 8.42 Å². The van der Waals surface area contributed by atoms with E-state index in [1.165, 1.54) is 0 Å². The maximum absolute atomic E-state index is 13.4. The Kier molecular flexibility index (Phi) is 9.39. The van der Waals surface area contributed by atoms with Gasteiger partial charge in [-0.15, -0.1) is 0 Å². The molecule has 0 amide bonds. The van der Waals surface area contributed by atoms with Crippen molar-refractivity contribution in [3.05, 3.63) is 42.0 Å². The molecule has 1 unspecified atom stereocenters. The smallest absolute Gasteiger partial charge is 0.243 e. The Morgan fingerprint density at radius 3 is 2.73 bits per heavy atom. The third-order valence-electron chi connectivity index (χ3n) is 6.66. The van der Waals surface area contributed by atoms with Crippen molar-refractivity contribution in [2.75, 3.05) is 40.5 Å². The number of para-hydroxylation sites is 1. The van der Waals surface area contributed by atoms with Crippen LogP contribution in [0.15, 0.2) is 46.5 Å². The first-order chi connectivity index (χ1) is 17.9. The lowest BCUT2D eigenvalue weighted by Gasteiger charge is -2.30. The van der Waals surface area contributed by atoms with Crippen LogP contribution in [-0.4, -0.2) is 62.8 Å². The topological polar surface area (TPSA) is 82.9 Å². The first-order valence-electron chi connectivity index (χ1n) is 12.8. The Bertz CT molecular complexity index is 1310. The minimum absolute atomic E-state index is 0.305. The monoisotopic (exact) mass is 547 g/mol. The zero-order chi connectivity index (χ0) is 26.4. The number of methoxy groups -OCH3 is 2. The van der Waals surface area contributed by atoms with E-state index in [-0.39, 0.29) is 0 Å². The molecule has 8 nitrogen and oxygen atoms in total. The number of sulfonamides is 1. The van der Waals surface area contributed by atoms with Crippen LogP contribution in [-0.2, 0) is 27.1 Å². The summed E-state index contributed by atoms with van der Waals surface area (Å²) in [5.74, 6) is 2.40. The number of aromatic nitrogens is 2. The number of piperidine rings is 1. The van der Waals surface area contributed by atoms with Crippen LogP contribution < -0.4 is 9.47 Å². The number of fused-ring (bicyclic) bond motifs is 1. The predicted octanol–water partition coefficient (Wildman–Crippen LogP) is 5.19. The van der Waals surface area contributed by atoms with E-state index < -0.39 is 10.0 Å². The van der Waals surface area contributed by atoms with Crippen LogP contribution in [0.25, 0.3) is 11.0 Å². The molecule has 3 aromatic rings. The summed E-state index contributed by atoms with van der Waals surface area (Å²) >= 11 is 1.60. The molecule has 0 bridgehead atoms. The van der Waals surface area contributed by atoms with E-state index in [0.717, 1.165) is 42.0 Å². The molecule has 0 saturated carbocycles. The van der Waals surface area contributed by atoms with Gasteiger partial charge in [0.25, 0.3) is 0 Å². The van der Waals surface area contributed by atoms with Crippen molar-refractivity contribution >= 4 is 32.8 Å². The molecule has 1 aliphatic rings. The van der Waals surface area contributed by atoms with Gasteiger partial charge in [-0.25, -0.2) is 13.4 Å². The molecule has 0 spiro atoms. The van der Waals surface area contributed by atoms with Gasteiger partial charge in [-0.3, -0.25) is 0 Å². The fourth-order valence-corrected chi connectivity index (χ4v) is 7.41. The van der Waals surface area contributed by atoms with Gasteiger partial charge in [-0.05, 0) is 56.4 Å². The number of hydrogen-bond donors (Lipinski definition) is 0. The predicted molar refractivity (Wildman–Crippen MR) is 147 cm³/mol. The van der Waals surface area contributed by atoms with Crippen molar-refractivity contribution in [3.63, 3.8) is 0 Å². The summed E-state index contributed by atoms with van der Waals surface area (Å²) in [5.41, 5.74) is 2.60. The Morgan fingerprint density at radius 2 is 2.00 bits per heavy atom. The first-order valence-corrected chi connectivity index (χ1v) is 15.2. The fraction of sp³-hybridized carbons (Fsp3) is 0.519. The third kappa shape index (κ3) is 6.25. The maximum Gasteiger partial charge on any atom is 0.243 e. The van der Waals surface area contributed by atoms with Crippen LogP contribution >= 0.6 is 11.8 Å². The molecule has 0 N–H and O–H groups in total. The van der Waals surface area contributed by atoms with E-state index >= 15 is 0 Å². The van der Waals surface area contributed by atoms with Crippen LogP contribution in [0, 0.1) is 5.92 Å². The second kappa shape index (κ2) is 12.5. The Balaban J connectivity index is 1.65. The summed E-state index contributed by atoms with van der Waals surface area (Å²) in [5, 5.41) is 0.831. The van der Waals surface area contributed by atoms with Gasteiger partial charge in [0.1, 0.15) is 0 Å². The fourth-order valence-electron chi connectivity index (χ4n) is 4.77. The molecule has 1 aliphatic heterocycles. The van der Waals surface area contributed by atoms with Crippen molar-refractivity contribution in [1.82, 2.24) is 13.9 Å². The average Bonchev–Trinajstić information content (AvgIpc) is 3.26. The summed E-state index contributed by atoms with van der Waals surface area (Å²) in [7, 11) is -0.293. The Labute approximate surface area is 224 Å². The molecule has 2 heterocycles. The van der Waals surface area contributed by atoms with Gasteiger partial charge < -0.3 is 18.8 Å². The highest BCUT2D eigenvalue weighted by Crippen LogP contribution is 2.36. The molecule has 1 aromatic heterocycles. The number of rotatable bonds is 12. The molecule has 1 fully saturated rings. The highest BCUT2D eigenvalue weighted by Gasteiger charge is 2.29. The first kappa shape index (κ1) is 27.8. The van der Waals surface area contributed by atoms with Crippen molar-refractivity contribution in [3.8, 4) is 11.5 Å². The second-order valence-corrected chi connectivity index (χ2v) is 12.2. The van der Waals surface area contributed by atoms with Gasteiger partial charge in [0.05, 0.1) is 30.1 Å². The maximum atomic E-state index is 13.4. The number of ether oxygens (including phenoxy) is 3. The molecule has 1 saturated heterocycles. The molecule has 37 heavy (non-hydrogen) atoms. The molecule has 4 rings (SSSR count). The minimum atomic E-state index is -3.56. The van der Waals surface area contributed by atoms with Crippen molar-refractivity contribution in [2.24, 2.45) is 5.92 Å². The standard InChI is InChI=1S/C27H37N3O5S2/c1-5-35-16-8-15-30-24-13-12-22(37(31,32)29-14-7-9-20(2)18-29)17-23(24)28-27(30)36-19-21-10-6-11-25(33-3)26(21)34-4/h6,10-13,17,20H,5,7-9,14-16,18-19H2,1-4H3. The molecule has 1 atom stereocenters. The molecular weight excluding hydrogens is 510 g/mol. The zero-order valence-electron chi connectivity index (χ0n) is 22.1. The Morgan fingerprint density at radius 1 is 1.16 bits per heavy atom. The van der Waals surface area contributed by atoms with E-state index in [1.807, 2.05) is 31.2 Å². The Hall–Kier alpha value is -2.27. The van der Waals surface area contributed by atoms with Gasteiger partial charge in [0, 0.05) is 44.2 Å². The largest absolute Gasteiger partial charge is 0.493 e. The lowest BCUT2D eigenvalue weighted by molar-refractivity contribution is 0.141. The number of nitrogens with zero attached hydrogens (tertiary/aromatic N) is 3. The lowest BCUT2D eigenvalue weighted by atomic mass is 10.0. The van der Waals surface area contributed by atoms with E-state index in [0.29, 0.717) is 59.9 Å². The number of hydrogen-bond acceptors (Lipinski definition) is 7. The summed E-state index contributed by atoms with van der Waals surface area (Å²) in [6, 6.07) is 11.2. The number of thioether (sulfide) groups is 1. The minimum Gasteiger partial charge on any atom is -0.493 e. The second-order valence-electron chi connectivity index (χ2n) is 9.30. The summed E-state index contributed by atoms with van der Waals surface area (Å²) in [6.45, 7) is 7.29. The van der Waals surface area contributed by atoms with Gasteiger partial charge in [0.15, 0.2) is 16.7 Å². The number of benzene rings is 2. The summed E-state index contributed by atoms with van der Waals surface area (Å²) in [4.78, 5) is 5.19. The quantitative estimate of drug-likeness (QED) is 0.228. The molecule has 0 aliphatic carbocycles. The van der Waals surface area contributed by atoms with Crippen LogP contribution in [0.1, 0.15) is 38.7 Å². The lowest BCUT2D eigenvalue weighted by Crippen LogP contribution is -2.39. The van der Waals surface area contributed by atoms with Crippen LogP contribution in [0.5, 0.6) is 11.5 Å². The summed E-state index contributed by atoms with van der Waals surface area (Å²) < 4.78 is 47.2. The van der Waals surface area contributed by atoms with Gasteiger partial charge >= 0.3 is 0 Å². The van der Waals surface area contributed by atoms with Crippen LogP contribution in [0.2, 0.25) is 0 Å². The van der Waals surface area contributed by atoms with Crippen LogP contribution in [0.3, 0.4) is 0 Å². The average molecular weight is 548 g/mol. The van der Waals surface area contributed by atoms with Crippen LogP contribution in [0.4, 0.5) is 0 Å². The normalized spacial score (nSPS) is 16.8. The SMILES string of the molecule is CCOCCCn1c(SCc2cccc(OC)c2OC)nc2cc(S(=O)(=O)N3CCCC(C)C3)ccc21. The highest BCUT2D eigenvalue weighted by molar-refractivity contribution is 7.98. The van der Waals surface area contributed by atoms with Gasteiger partial charge in [0.2, 0.25) is 10.0 Å².